The molecule has 7 aromatic carbocycles. The number of aryl methyl sites for hydroxylation is 1. The van der Waals surface area contributed by atoms with Gasteiger partial charge in [-0.2, -0.15) is 0 Å². The van der Waals surface area contributed by atoms with Gasteiger partial charge in [0.25, 0.3) is 0 Å². The van der Waals surface area contributed by atoms with Crippen molar-refractivity contribution < 1.29 is 0 Å². The molecule has 4 heteroatoms. The van der Waals surface area contributed by atoms with Crippen molar-refractivity contribution in [2.45, 2.75) is 50.5 Å². The summed E-state index contributed by atoms with van der Waals surface area (Å²) < 4.78 is 7.42. The standard InChI is InChI=1S/C62H48N4/c1-40-14-13-23-57-61(40)51-36-34-45(65-54-20-8-3-15-47(54)48-16-4-9-21-55(48)65)38-59(51)64(57)44-31-27-42(28-32-44)41-25-29-43(30-26-41)63-53-19-7-5-17-49(53)50-35-33-46(39-58(50)63)66-56-22-10-6-18-52(56)62(2)37-12-11-24-60(62)66/h3-13,15-32,34,36-40,60H,14,33,35H2,1-2H3. The van der Waals surface area contributed by atoms with Gasteiger partial charge in [0.05, 0.1) is 33.8 Å². The van der Waals surface area contributed by atoms with Crippen molar-refractivity contribution in [2.24, 2.45) is 0 Å². The third kappa shape index (κ3) is 5.27. The van der Waals surface area contributed by atoms with E-state index in [2.05, 4.69) is 239 Å². The van der Waals surface area contributed by atoms with Gasteiger partial charge in [-0.15, -0.1) is 0 Å². The highest BCUT2D eigenvalue weighted by atomic mass is 15.2. The highest BCUT2D eigenvalue weighted by Crippen LogP contribution is 2.51. The van der Waals surface area contributed by atoms with E-state index in [1.54, 1.807) is 0 Å². The molecule has 14 rings (SSSR count). The first-order valence-electron chi connectivity index (χ1n) is 23.7. The number of para-hydroxylation sites is 4. The van der Waals surface area contributed by atoms with Crippen LogP contribution in [0.15, 0.2) is 200 Å². The zero-order valence-corrected chi connectivity index (χ0v) is 37.2. The summed E-state index contributed by atoms with van der Waals surface area (Å²) in [6.07, 6.45) is 19.5. The number of hydrogen-bond donors (Lipinski definition) is 0. The van der Waals surface area contributed by atoms with E-state index in [-0.39, 0.29) is 11.5 Å². The van der Waals surface area contributed by atoms with Crippen LogP contribution in [0, 0.1) is 0 Å². The van der Waals surface area contributed by atoms with Crippen LogP contribution in [0.3, 0.4) is 0 Å². The van der Waals surface area contributed by atoms with E-state index >= 15 is 0 Å². The topological polar surface area (TPSA) is 18.0 Å². The Balaban J connectivity index is 0.840. The molecule has 0 radical (unpaired) electrons. The Morgan fingerprint density at radius 3 is 1.85 bits per heavy atom. The van der Waals surface area contributed by atoms with Crippen molar-refractivity contribution in [1.82, 2.24) is 13.7 Å². The smallest absolute Gasteiger partial charge is 0.0651 e. The van der Waals surface area contributed by atoms with Crippen LogP contribution in [-0.2, 0) is 11.8 Å². The highest BCUT2D eigenvalue weighted by Gasteiger charge is 2.47. The summed E-state index contributed by atoms with van der Waals surface area (Å²) in [6, 6.07) is 61.3. The van der Waals surface area contributed by atoms with Crippen molar-refractivity contribution in [2.75, 3.05) is 4.90 Å². The Hall–Kier alpha value is -7.82. The third-order valence-electron chi connectivity index (χ3n) is 15.5. The zero-order chi connectivity index (χ0) is 43.7. The molecule has 4 nitrogen and oxygen atoms in total. The molecule has 3 unspecified atom stereocenters. The van der Waals surface area contributed by atoms with Crippen LogP contribution in [0.1, 0.15) is 60.7 Å². The van der Waals surface area contributed by atoms with E-state index in [0.29, 0.717) is 5.92 Å². The van der Waals surface area contributed by atoms with Gasteiger partial charge in [-0.25, -0.2) is 0 Å². The molecule has 0 saturated heterocycles. The number of rotatable bonds is 5. The maximum atomic E-state index is 2.63. The van der Waals surface area contributed by atoms with Gasteiger partial charge >= 0.3 is 0 Å². The van der Waals surface area contributed by atoms with E-state index in [1.807, 2.05) is 0 Å². The lowest BCUT2D eigenvalue weighted by atomic mass is 9.76. The summed E-state index contributed by atoms with van der Waals surface area (Å²) in [6.45, 7) is 4.77. The lowest BCUT2D eigenvalue weighted by molar-refractivity contribution is 0.538. The molecule has 1 aliphatic heterocycles. The van der Waals surface area contributed by atoms with Crippen molar-refractivity contribution in [3.05, 3.63) is 228 Å². The Kier molecular flexibility index (Phi) is 8.01. The predicted molar refractivity (Wildman–Crippen MR) is 277 cm³/mol. The maximum Gasteiger partial charge on any atom is 0.0651 e. The highest BCUT2D eigenvalue weighted by molar-refractivity contribution is 6.09. The average molecular weight is 849 g/mol. The minimum Gasteiger partial charge on any atom is -0.337 e. The number of fused-ring (bicyclic) bond motifs is 12. The number of benzene rings is 7. The second-order valence-electron chi connectivity index (χ2n) is 19.0. The van der Waals surface area contributed by atoms with Gasteiger partial charge in [0, 0.05) is 61.1 Å². The molecule has 3 atom stereocenters. The van der Waals surface area contributed by atoms with Gasteiger partial charge in [0.2, 0.25) is 0 Å². The Morgan fingerprint density at radius 2 is 1.14 bits per heavy atom. The van der Waals surface area contributed by atoms with Gasteiger partial charge in [-0.05, 0) is 133 Å². The third-order valence-corrected chi connectivity index (χ3v) is 15.5. The van der Waals surface area contributed by atoms with Gasteiger partial charge in [-0.3, -0.25) is 0 Å². The SMILES string of the molecule is CC1CC=Cc2c1c1ccc(-n3c4ccccc4c4ccccc43)cc1n2-c1ccc(-c2ccc(-n3c4c(c5ccccc53)CCC(N3c5ccccc5C5(C)C=CC=CC35)=C4)cc2)cc1. The number of nitrogens with zero attached hydrogens (tertiary/aromatic N) is 4. The second kappa shape index (κ2) is 14.1. The van der Waals surface area contributed by atoms with E-state index < -0.39 is 0 Å². The van der Waals surface area contributed by atoms with Crippen molar-refractivity contribution in [3.8, 4) is 28.2 Å². The molecule has 10 aromatic rings. The molecule has 316 valence electrons. The Bertz CT molecular complexity index is 3710. The summed E-state index contributed by atoms with van der Waals surface area (Å²) >= 11 is 0. The largest absolute Gasteiger partial charge is 0.337 e. The minimum absolute atomic E-state index is 0.0597. The molecule has 4 heterocycles. The quantitative estimate of drug-likeness (QED) is 0.169. The fourth-order valence-electron chi connectivity index (χ4n) is 12.4. The van der Waals surface area contributed by atoms with Gasteiger partial charge < -0.3 is 18.6 Å². The fourth-order valence-corrected chi connectivity index (χ4v) is 12.4. The molecule has 3 aromatic heterocycles. The van der Waals surface area contributed by atoms with Crippen LogP contribution < -0.4 is 4.90 Å². The number of allylic oxidation sites excluding steroid dienone is 4. The van der Waals surface area contributed by atoms with Crippen LogP contribution in [0.25, 0.3) is 84.0 Å². The Labute approximate surface area is 385 Å². The lowest BCUT2D eigenvalue weighted by Crippen LogP contribution is -2.41. The van der Waals surface area contributed by atoms with E-state index in [4.69, 9.17) is 0 Å². The molecule has 4 aliphatic rings. The second-order valence-corrected chi connectivity index (χ2v) is 19.0. The van der Waals surface area contributed by atoms with E-state index in [0.717, 1.165) is 19.3 Å². The van der Waals surface area contributed by atoms with E-state index in [1.165, 1.54) is 111 Å². The zero-order valence-electron chi connectivity index (χ0n) is 37.2. The van der Waals surface area contributed by atoms with Crippen LogP contribution >= 0.6 is 0 Å². The van der Waals surface area contributed by atoms with Crippen molar-refractivity contribution in [3.63, 3.8) is 0 Å². The van der Waals surface area contributed by atoms with E-state index in [9.17, 15) is 0 Å². The first-order chi connectivity index (χ1) is 32.5. The molecule has 0 N–H and O–H groups in total. The molecule has 3 aliphatic carbocycles. The Morgan fingerprint density at radius 1 is 0.530 bits per heavy atom. The predicted octanol–water partition coefficient (Wildman–Crippen LogP) is 15.4. The van der Waals surface area contributed by atoms with Crippen molar-refractivity contribution in [1.29, 1.82) is 0 Å². The average Bonchev–Trinajstić information content (AvgIpc) is 4.07. The molecular formula is C62H48N4. The van der Waals surface area contributed by atoms with Crippen LogP contribution in [0.5, 0.6) is 0 Å². The van der Waals surface area contributed by atoms with Gasteiger partial charge in [-0.1, -0.05) is 140 Å². The molecular weight excluding hydrogens is 801 g/mol. The summed E-state index contributed by atoms with van der Waals surface area (Å²) in [5.41, 5.74) is 20.4. The monoisotopic (exact) mass is 848 g/mol. The molecule has 0 spiro atoms. The molecule has 0 saturated carbocycles. The van der Waals surface area contributed by atoms with Gasteiger partial charge in [0.1, 0.15) is 0 Å². The summed E-state index contributed by atoms with van der Waals surface area (Å²) in [4.78, 5) is 2.63. The molecule has 66 heavy (non-hydrogen) atoms. The fraction of sp³-hybridized carbons (Fsp3) is 0.129. The molecule has 0 amide bonds. The van der Waals surface area contributed by atoms with Gasteiger partial charge in [0.15, 0.2) is 0 Å². The summed E-state index contributed by atoms with van der Waals surface area (Å²) in [5.74, 6) is 0.440. The first kappa shape index (κ1) is 37.5. The summed E-state index contributed by atoms with van der Waals surface area (Å²) in [7, 11) is 0. The number of hydrogen-bond acceptors (Lipinski definition) is 1. The van der Waals surface area contributed by atoms with Crippen LogP contribution in [0.2, 0.25) is 0 Å². The summed E-state index contributed by atoms with van der Waals surface area (Å²) in [5, 5.41) is 5.24. The van der Waals surface area contributed by atoms with Crippen LogP contribution in [0.4, 0.5) is 5.69 Å². The lowest BCUT2D eigenvalue weighted by Gasteiger charge is -2.36. The minimum atomic E-state index is -0.0597. The number of anilines is 1. The molecule has 0 bridgehead atoms. The van der Waals surface area contributed by atoms with Crippen molar-refractivity contribution >= 4 is 61.5 Å². The number of aromatic nitrogens is 3. The first-order valence-corrected chi connectivity index (χ1v) is 23.7. The maximum absolute atomic E-state index is 2.63. The molecule has 0 fully saturated rings. The normalized spacial score (nSPS) is 19.4. The van der Waals surface area contributed by atoms with Crippen LogP contribution in [-0.4, -0.2) is 19.7 Å².